The van der Waals surface area contributed by atoms with Crippen molar-refractivity contribution < 1.29 is 13.2 Å². The summed E-state index contributed by atoms with van der Waals surface area (Å²) in [7, 11) is -3.74. The molecule has 1 saturated carbocycles. The normalized spacial score (nSPS) is 19.0. The number of fused-ring (bicyclic) bond motifs is 1. The number of likely N-dealkylation sites (N-methyl/N-ethyl adjacent to an activating group) is 2. The molecule has 3 N–H and O–H groups in total. The molecule has 0 spiro atoms. The van der Waals surface area contributed by atoms with Crippen molar-refractivity contribution in [3.8, 4) is 0 Å². The second-order valence-electron chi connectivity index (χ2n) is 7.66. The molecule has 1 aliphatic heterocycles. The summed E-state index contributed by atoms with van der Waals surface area (Å²) >= 11 is 0. The van der Waals surface area contributed by atoms with Crippen molar-refractivity contribution in [1.82, 2.24) is 9.97 Å². The van der Waals surface area contributed by atoms with Crippen LogP contribution in [0.5, 0.6) is 0 Å². The van der Waals surface area contributed by atoms with Gasteiger partial charge in [-0.1, -0.05) is 12.8 Å². The number of benzene rings is 1. The van der Waals surface area contributed by atoms with Gasteiger partial charge >= 0.3 is 0 Å². The Kier molecular flexibility index (Phi) is 5.37. The third-order valence-electron chi connectivity index (χ3n) is 5.59. The van der Waals surface area contributed by atoms with E-state index >= 15 is 0 Å². The number of amides is 1. The Labute approximate surface area is 176 Å². The molecule has 0 saturated heterocycles. The highest BCUT2D eigenvalue weighted by Gasteiger charge is 2.41. The monoisotopic (exact) mass is 430 g/mol. The van der Waals surface area contributed by atoms with Gasteiger partial charge < -0.3 is 15.1 Å². The number of primary sulfonamides is 1. The zero-order valence-electron chi connectivity index (χ0n) is 17.1. The molecule has 30 heavy (non-hydrogen) atoms. The molecular formula is C20H26N6O3S. The number of sulfonamides is 1. The maximum absolute atomic E-state index is 13.1. The van der Waals surface area contributed by atoms with E-state index in [4.69, 9.17) is 10.1 Å². The molecule has 0 radical (unpaired) electrons. The molecule has 2 aromatic rings. The Morgan fingerprint density at radius 2 is 1.87 bits per heavy atom. The number of rotatable bonds is 7. The first-order valence-electron chi connectivity index (χ1n) is 10.2. The van der Waals surface area contributed by atoms with E-state index in [0.29, 0.717) is 36.3 Å². The molecule has 9 nitrogen and oxygen atoms in total. The molecule has 1 aromatic heterocycles. The molecule has 1 atom stereocenters. The predicted octanol–water partition coefficient (Wildman–Crippen LogP) is 2.23. The van der Waals surface area contributed by atoms with Crippen LogP contribution in [0, 0.1) is 5.92 Å². The van der Waals surface area contributed by atoms with Crippen LogP contribution in [0.15, 0.2) is 35.4 Å². The van der Waals surface area contributed by atoms with Crippen molar-refractivity contribution in [3.63, 3.8) is 0 Å². The minimum Gasteiger partial charge on any atom is -0.343 e. The Balaban J connectivity index is 1.64. The zero-order chi connectivity index (χ0) is 21.5. The van der Waals surface area contributed by atoms with E-state index in [1.807, 2.05) is 13.8 Å². The smallest absolute Gasteiger partial charge is 0.249 e. The van der Waals surface area contributed by atoms with Gasteiger partial charge in [-0.2, -0.15) is 4.98 Å². The fourth-order valence-electron chi connectivity index (χ4n) is 3.86. The molecule has 0 bridgehead atoms. The third-order valence-corrected chi connectivity index (χ3v) is 6.52. The number of hydrogen-bond acceptors (Lipinski definition) is 7. The Hall–Kier alpha value is -2.72. The fraction of sp³-hybridized carbons (Fsp3) is 0.450. The highest BCUT2D eigenvalue weighted by Crippen LogP contribution is 2.41. The fourth-order valence-corrected chi connectivity index (χ4v) is 4.37. The van der Waals surface area contributed by atoms with Crippen LogP contribution < -0.4 is 20.3 Å². The summed E-state index contributed by atoms with van der Waals surface area (Å²) in [5.74, 6) is 1.85. The third kappa shape index (κ3) is 3.97. The minimum absolute atomic E-state index is 0.0385. The number of carbonyl (C=O) groups is 1. The largest absolute Gasteiger partial charge is 0.343 e. The lowest BCUT2D eigenvalue weighted by atomic mass is 10.0. The van der Waals surface area contributed by atoms with Crippen molar-refractivity contribution in [2.45, 2.75) is 44.0 Å². The number of nitrogens with zero attached hydrogens (tertiary/aromatic N) is 4. The van der Waals surface area contributed by atoms with E-state index in [0.717, 1.165) is 12.2 Å². The molecule has 10 heteroatoms. The topological polar surface area (TPSA) is 122 Å². The Morgan fingerprint density at radius 3 is 2.43 bits per heavy atom. The summed E-state index contributed by atoms with van der Waals surface area (Å²) in [6, 6.07) is 5.87. The summed E-state index contributed by atoms with van der Waals surface area (Å²) in [5, 5.41) is 8.25. The van der Waals surface area contributed by atoms with Gasteiger partial charge in [0, 0.05) is 18.8 Å². The van der Waals surface area contributed by atoms with Gasteiger partial charge in [0.05, 0.1) is 11.1 Å². The van der Waals surface area contributed by atoms with Crippen molar-refractivity contribution in [3.05, 3.63) is 30.5 Å². The van der Waals surface area contributed by atoms with Crippen molar-refractivity contribution in [2.24, 2.45) is 11.1 Å². The lowest BCUT2D eigenvalue weighted by Crippen LogP contribution is -2.54. The molecule has 1 fully saturated rings. The highest BCUT2D eigenvalue weighted by atomic mass is 32.2. The van der Waals surface area contributed by atoms with E-state index in [2.05, 4.69) is 15.2 Å². The summed E-state index contributed by atoms with van der Waals surface area (Å²) in [6.07, 6.45) is 4.89. The highest BCUT2D eigenvalue weighted by molar-refractivity contribution is 7.89. The predicted molar refractivity (Wildman–Crippen MR) is 115 cm³/mol. The summed E-state index contributed by atoms with van der Waals surface area (Å²) in [6.45, 7) is 5.22. The van der Waals surface area contributed by atoms with Gasteiger partial charge in [-0.15, -0.1) is 0 Å². The SMILES string of the molecule is CCN1C(=O)C(CC2CC2)N(CC)c2nc(Nc3ccc(S(N)(=O)=O)cc3)ncc21. The number of aromatic nitrogens is 2. The summed E-state index contributed by atoms with van der Waals surface area (Å²) < 4.78 is 22.8. The number of anilines is 4. The summed E-state index contributed by atoms with van der Waals surface area (Å²) in [4.78, 5) is 26.0. The van der Waals surface area contributed by atoms with E-state index in [9.17, 15) is 13.2 Å². The van der Waals surface area contributed by atoms with Crippen LogP contribution in [0.4, 0.5) is 23.1 Å². The number of carbonyl (C=O) groups excluding carboxylic acids is 1. The lowest BCUT2D eigenvalue weighted by molar-refractivity contribution is -0.120. The second kappa shape index (κ2) is 7.84. The van der Waals surface area contributed by atoms with Crippen molar-refractivity contribution in [1.29, 1.82) is 0 Å². The van der Waals surface area contributed by atoms with Gasteiger partial charge in [-0.3, -0.25) is 4.79 Å². The maximum Gasteiger partial charge on any atom is 0.249 e. The van der Waals surface area contributed by atoms with Gasteiger partial charge in [0.1, 0.15) is 11.7 Å². The van der Waals surface area contributed by atoms with Crippen molar-refractivity contribution >= 4 is 39.1 Å². The standard InChI is InChI=1S/C20H26N6O3S/c1-3-25-16(11-13-5-6-13)19(27)26(4-2)17-12-22-20(24-18(17)25)23-14-7-9-15(10-8-14)30(21,28)29/h7-10,12-13,16H,3-6,11H2,1-2H3,(H2,21,28,29)(H,22,23,24). The van der Waals surface area contributed by atoms with Gasteiger partial charge in [-0.05, 0) is 50.5 Å². The molecule has 160 valence electrons. The van der Waals surface area contributed by atoms with Gasteiger partial charge in [-0.25, -0.2) is 18.5 Å². The average Bonchev–Trinajstić information content (AvgIpc) is 3.53. The average molecular weight is 431 g/mol. The number of nitrogens with two attached hydrogens (primary N) is 1. The molecular weight excluding hydrogens is 404 g/mol. The van der Waals surface area contributed by atoms with E-state index in [1.54, 1.807) is 23.2 Å². The van der Waals surface area contributed by atoms with Gasteiger partial charge in [0.25, 0.3) is 0 Å². The first-order chi connectivity index (χ1) is 14.3. The Bertz CT molecular complexity index is 1050. The van der Waals surface area contributed by atoms with Gasteiger partial charge in [0.15, 0.2) is 5.82 Å². The van der Waals surface area contributed by atoms with Crippen LogP contribution in [-0.2, 0) is 14.8 Å². The Morgan fingerprint density at radius 1 is 1.17 bits per heavy atom. The molecule has 1 aromatic carbocycles. The number of hydrogen-bond donors (Lipinski definition) is 2. The van der Waals surface area contributed by atoms with Crippen LogP contribution in [0.1, 0.15) is 33.1 Å². The number of nitrogens with one attached hydrogen (secondary N) is 1. The van der Waals surface area contributed by atoms with Gasteiger partial charge in [0.2, 0.25) is 21.9 Å². The quantitative estimate of drug-likeness (QED) is 0.691. The molecule has 1 unspecified atom stereocenters. The summed E-state index contributed by atoms with van der Waals surface area (Å²) in [5.41, 5.74) is 1.35. The molecule has 1 aliphatic carbocycles. The second-order valence-corrected chi connectivity index (χ2v) is 9.22. The van der Waals surface area contributed by atoms with Crippen LogP contribution in [0.25, 0.3) is 0 Å². The molecule has 4 rings (SSSR count). The molecule has 2 heterocycles. The molecule has 1 amide bonds. The van der Waals surface area contributed by atoms with Crippen LogP contribution in [0.2, 0.25) is 0 Å². The zero-order valence-corrected chi connectivity index (χ0v) is 17.9. The van der Waals surface area contributed by atoms with Crippen molar-refractivity contribution in [2.75, 3.05) is 28.2 Å². The lowest BCUT2D eigenvalue weighted by Gasteiger charge is -2.41. The first kappa shape index (κ1) is 20.5. The van der Waals surface area contributed by atoms with E-state index < -0.39 is 10.0 Å². The van der Waals surface area contributed by atoms with Crippen LogP contribution >= 0.6 is 0 Å². The van der Waals surface area contributed by atoms with E-state index in [1.165, 1.54) is 25.0 Å². The minimum atomic E-state index is -3.74. The molecule has 2 aliphatic rings. The van der Waals surface area contributed by atoms with Crippen LogP contribution in [-0.4, -0.2) is 43.4 Å². The van der Waals surface area contributed by atoms with Crippen LogP contribution in [0.3, 0.4) is 0 Å². The maximum atomic E-state index is 13.1. The van der Waals surface area contributed by atoms with E-state index in [-0.39, 0.29) is 16.8 Å². The first-order valence-corrected chi connectivity index (χ1v) is 11.7.